The van der Waals surface area contributed by atoms with Crippen molar-refractivity contribution >= 4 is 23.8 Å². The van der Waals surface area contributed by atoms with Gasteiger partial charge in [-0.2, -0.15) is 0 Å². The van der Waals surface area contributed by atoms with E-state index in [1.54, 1.807) is 13.0 Å². The molecule has 0 aromatic carbocycles. The van der Waals surface area contributed by atoms with Crippen LogP contribution in [-0.4, -0.2) is 39.1 Å². The number of carbonyl (C=O) groups is 2. The van der Waals surface area contributed by atoms with Gasteiger partial charge in [0.05, 0.1) is 12.4 Å². The monoisotopic (exact) mass is 352 g/mol. The Bertz CT molecular complexity index is 582. The molecule has 8 heteroatoms. The summed E-state index contributed by atoms with van der Waals surface area (Å²) in [5.41, 5.74) is 0. The van der Waals surface area contributed by atoms with Crippen molar-refractivity contribution in [3.8, 4) is 0 Å². The highest BCUT2D eigenvalue weighted by atomic mass is 32.2. The number of carbonyl (C=O) groups excluding carboxylic acids is 2. The first kappa shape index (κ1) is 18.5. The van der Waals surface area contributed by atoms with Crippen molar-refractivity contribution in [2.45, 2.75) is 56.6 Å². The molecule has 1 N–H and O–H groups in total. The fraction of sp³-hybridized carbons (Fsp3) is 0.625. The maximum atomic E-state index is 11.8. The summed E-state index contributed by atoms with van der Waals surface area (Å²) >= 11 is 1.26. The van der Waals surface area contributed by atoms with E-state index in [2.05, 4.69) is 26.8 Å². The van der Waals surface area contributed by atoms with Crippen molar-refractivity contribution in [1.82, 2.24) is 20.1 Å². The fourth-order valence-corrected chi connectivity index (χ4v) is 3.57. The number of hydrogen-bond acceptors (Lipinski definition) is 6. The van der Waals surface area contributed by atoms with Gasteiger partial charge >= 0.3 is 6.09 Å². The summed E-state index contributed by atoms with van der Waals surface area (Å²) in [6.45, 7) is 6.31. The average molecular weight is 352 g/mol. The molecule has 2 rings (SSSR count). The zero-order chi connectivity index (χ0) is 17.4. The van der Waals surface area contributed by atoms with Gasteiger partial charge in [0.25, 0.3) is 0 Å². The second kappa shape index (κ2) is 9.46. The number of amides is 2. The molecule has 24 heavy (non-hydrogen) atoms. The highest BCUT2D eigenvalue weighted by Gasteiger charge is 2.23. The number of allylic oxidation sites excluding steroid dienone is 1. The van der Waals surface area contributed by atoms with E-state index >= 15 is 0 Å². The van der Waals surface area contributed by atoms with E-state index in [1.165, 1.54) is 31.0 Å². The predicted molar refractivity (Wildman–Crippen MR) is 91.9 cm³/mol. The number of ether oxygens (including phenoxy) is 1. The standard InChI is InChI=1S/C16H24N4O3S/c1-3-10-20-14(12-8-6-5-7-9-12)18-19-15(20)24-11-13(21)17-16(22)23-4-2/h3,12H,1,4-11H2,2H3,(H,17,21,22). The summed E-state index contributed by atoms with van der Waals surface area (Å²) in [6, 6.07) is 0. The number of hydrogen-bond donors (Lipinski definition) is 1. The van der Waals surface area contributed by atoms with Crippen molar-refractivity contribution in [3.63, 3.8) is 0 Å². The second-order valence-corrected chi connectivity index (χ2v) is 6.57. The average Bonchev–Trinajstić information content (AvgIpc) is 2.97. The molecule has 0 bridgehead atoms. The van der Waals surface area contributed by atoms with Crippen LogP contribution in [0, 0.1) is 0 Å². The smallest absolute Gasteiger partial charge is 0.413 e. The first-order chi connectivity index (χ1) is 11.7. The topological polar surface area (TPSA) is 86.1 Å². The van der Waals surface area contributed by atoms with E-state index in [-0.39, 0.29) is 12.4 Å². The molecule has 7 nitrogen and oxygen atoms in total. The molecule has 0 aliphatic heterocycles. The normalized spacial score (nSPS) is 15.0. The maximum absolute atomic E-state index is 11.8. The fourth-order valence-electron chi connectivity index (χ4n) is 2.82. The van der Waals surface area contributed by atoms with E-state index in [0.717, 1.165) is 18.7 Å². The van der Waals surface area contributed by atoms with Crippen LogP contribution in [0.3, 0.4) is 0 Å². The van der Waals surface area contributed by atoms with Crippen LogP contribution in [0.15, 0.2) is 17.8 Å². The summed E-state index contributed by atoms with van der Waals surface area (Å²) in [7, 11) is 0. The van der Waals surface area contributed by atoms with Crippen LogP contribution in [0.4, 0.5) is 4.79 Å². The van der Waals surface area contributed by atoms with Gasteiger partial charge in [0.1, 0.15) is 5.82 Å². The van der Waals surface area contributed by atoms with Gasteiger partial charge in [-0.3, -0.25) is 10.1 Å². The Morgan fingerprint density at radius 1 is 1.38 bits per heavy atom. The summed E-state index contributed by atoms with van der Waals surface area (Å²) in [5.74, 6) is 1.07. The van der Waals surface area contributed by atoms with E-state index in [0.29, 0.717) is 17.6 Å². The molecule has 2 amide bonds. The van der Waals surface area contributed by atoms with Crippen LogP contribution in [0.5, 0.6) is 0 Å². The molecule has 1 aliphatic carbocycles. The number of imide groups is 1. The molecule has 0 radical (unpaired) electrons. The molecule has 1 saturated carbocycles. The predicted octanol–water partition coefficient (Wildman–Crippen LogP) is 2.88. The first-order valence-electron chi connectivity index (χ1n) is 8.29. The minimum Gasteiger partial charge on any atom is -0.450 e. The van der Waals surface area contributed by atoms with Gasteiger partial charge in [-0.15, -0.1) is 16.8 Å². The summed E-state index contributed by atoms with van der Waals surface area (Å²) < 4.78 is 6.70. The van der Waals surface area contributed by atoms with Gasteiger partial charge in [-0.25, -0.2) is 4.79 Å². The van der Waals surface area contributed by atoms with Gasteiger partial charge in [-0.05, 0) is 19.8 Å². The molecule has 132 valence electrons. The third-order valence-electron chi connectivity index (χ3n) is 3.88. The lowest BCUT2D eigenvalue weighted by molar-refractivity contribution is -0.117. The summed E-state index contributed by atoms with van der Waals surface area (Å²) in [6.07, 6.45) is 7.05. The lowest BCUT2D eigenvalue weighted by atomic mass is 9.89. The van der Waals surface area contributed by atoms with Crippen LogP contribution >= 0.6 is 11.8 Å². The largest absolute Gasteiger partial charge is 0.450 e. The lowest BCUT2D eigenvalue weighted by Gasteiger charge is -2.21. The van der Waals surface area contributed by atoms with Crippen molar-refractivity contribution in [2.75, 3.05) is 12.4 Å². The highest BCUT2D eigenvalue weighted by Crippen LogP contribution is 2.33. The maximum Gasteiger partial charge on any atom is 0.413 e. The number of nitrogens with one attached hydrogen (secondary N) is 1. The Kier molecular flexibility index (Phi) is 7.30. The molecular weight excluding hydrogens is 328 g/mol. The van der Waals surface area contributed by atoms with Gasteiger partial charge in [0, 0.05) is 12.5 Å². The SMILES string of the molecule is C=CCn1c(SCC(=O)NC(=O)OCC)nnc1C1CCCCC1. The van der Waals surface area contributed by atoms with E-state index < -0.39 is 12.0 Å². The van der Waals surface area contributed by atoms with Gasteiger partial charge < -0.3 is 9.30 Å². The molecule has 1 aromatic rings. The molecule has 1 fully saturated rings. The third kappa shape index (κ3) is 5.09. The summed E-state index contributed by atoms with van der Waals surface area (Å²) in [4.78, 5) is 23.0. The minimum atomic E-state index is -0.724. The molecular formula is C16H24N4O3S. The molecule has 1 aliphatic rings. The lowest BCUT2D eigenvalue weighted by Crippen LogP contribution is -2.32. The molecule has 0 saturated heterocycles. The van der Waals surface area contributed by atoms with Crippen LogP contribution in [0.1, 0.15) is 50.8 Å². The number of nitrogens with zero attached hydrogens (tertiary/aromatic N) is 3. The summed E-state index contributed by atoms with van der Waals surface area (Å²) in [5, 5.41) is 11.4. The Morgan fingerprint density at radius 2 is 2.12 bits per heavy atom. The number of thioether (sulfide) groups is 1. The number of rotatable bonds is 7. The quantitative estimate of drug-likeness (QED) is 0.600. The van der Waals surface area contributed by atoms with Crippen LogP contribution in [0.2, 0.25) is 0 Å². The molecule has 0 spiro atoms. The third-order valence-corrected chi connectivity index (χ3v) is 4.84. The van der Waals surface area contributed by atoms with Gasteiger partial charge in [-0.1, -0.05) is 37.1 Å². The van der Waals surface area contributed by atoms with Crippen LogP contribution in [0.25, 0.3) is 0 Å². The molecule has 0 atom stereocenters. The van der Waals surface area contributed by atoms with Gasteiger partial charge in [0.15, 0.2) is 5.16 Å². The Hall–Kier alpha value is -1.83. The first-order valence-corrected chi connectivity index (χ1v) is 9.27. The van der Waals surface area contributed by atoms with Crippen LogP contribution in [-0.2, 0) is 16.1 Å². The van der Waals surface area contributed by atoms with Crippen molar-refractivity contribution in [2.24, 2.45) is 0 Å². The molecule has 1 aromatic heterocycles. The zero-order valence-corrected chi connectivity index (χ0v) is 14.8. The van der Waals surface area contributed by atoms with E-state index in [9.17, 15) is 9.59 Å². The zero-order valence-electron chi connectivity index (χ0n) is 14.0. The number of aromatic nitrogens is 3. The molecule has 0 unspecified atom stereocenters. The van der Waals surface area contributed by atoms with Crippen molar-refractivity contribution < 1.29 is 14.3 Å². The van der Waals surface area contributed by atoms with Crippen LogP contribution < -0.4 is 5.32 Å². The number of alkyl carbamates (subject to hydrolysis) is 1. The highest BCUT2D eigenvalue weighted by molar-refractivity contribution is 7.99. The van der Waals surface area contributed by atoms with E-state index in [1.807, 2.05) is 4.57 Å². The van der Waals surface area contributed by atoms with E-state index in [4.69, 9.17) is 0 Å². The minimum absolute atomic E-state index is 0.0821. The van der Waals surface area contributed by atoms with Gasteiger partial charge in [0.2, 0.25) is 5.91 Å². The Balaban J connectivity index is 1.99. The Morgan fingerprint density at radius 3 is 2.79 bits per heavy atom. The molecule has 1 heterocycles. The van der Waals surface area contributed by atoms with Crippen molar-refractivity contribution in [3.05, 3.63) is 18.5 Å². The second-order valence-electron chi connectivity index (χ2n) is 5.63. The Labute approximate surface area is 146 Å². The van der Waals surface area contributed by atoms with Crippen molar-refractivity contribution in [1.29, 1.82) is 0 Å².